The van der Waals surface area contributed by atoms with Crippen molar-refractivity contribution in [1.29, 1.82) is 0 Å². The topological polar surface area (TPSA) is 106 Å². The van der Waals surface area contributed by atoms with Crippen LogP contribution in [-0.2, 0) is 16.1 Å². The molecule has 0 bridgehead atoms. The molecule has 300 valence electrons. The molecule has 0 saturated carbocycles. The molecule has 1 spiro atoms. The molecule has 4 fully saturated rings. The van der Waals surface area contributed by atoms with Crippen molar-refractivity contribution in [3.8, 4) is 11.5 Å². The van der Waals surface area contributed by atoms with Gasteiger partial charge in [0, 0.05) is 91.5 Å². The molecular weight excluding hydrogens is 727 g/mol. The Morgan fingerprint density at radius 2 is 1.57 bits per heavy atom. The number of nitrogens with one attached hydrogen (secondary N) is 1. The van der Waals surface area contributed by atoms with Crippen molar-refractivity contribution in [2.24, 2.45) is 11.3 Å². The van der Waals surface area contributed by atoms with E-state index in [1.165, 1.54) is 54.6 Å². The summed E-state index contributed by atoms with van der Waals surface area (Å²) < 4.78 is 6.24. The minimum absolute atomic E-state index is 0.114. The van der Waals surface area contributed by atoms with E-state index >= 15 is 0 Å². The van der Waals surface area contributed by atoms with Crippen molar-refractivity contribution in [2.75, 3.05) is 62.2 Å². The number of phenols is 1. The van der Waals surface area contributed by atoms with Gasteiger partial charge in [0.1, 0.15) is 17.5 Å². The number of phenolic OH excluding ortho intramolecular Hbond substituents is 1. The second kappa shape index (κ2) is 14.8. The van der Waals surface area contributed by atoms with Crippen LogP contribution in [0.1, 0.15) is 88.5 Å². The van der Waals surface area contributed by atoms with E-state index in [2.05, 4.69) is 87.6 Å². The standard InChI is InChI=1S/C48H53N5O5/c1-31-4-2-3-5-38(31)41-28-58-43-25-37(54)11-13-40(43)45(41)33-6-8-35(9-7-33)51-20-16-32(17-21-51)26-50-22-18-48(19-23-50)29-52(30-48)36-10-12-39-34(24-36)27-53(47(39)57)42-14-15-44(55)49-46(42)56/h2-13,24-25,32,41-42,45,54H,14-23,26-30H2,1H3,(H,49,55,56)/t41-,42?,45-/m0/s1. The van der Waals surface area contributed by atoms with Gasteiger partial charge in [0.2, 0.25) is 11.8 Å². The number of rotatable bonds is 7. The maximum Gasteiger partial charge on any atom is 0.255 e. The van der Waals surface area contributed by atoms with Gasteiger partial charge in [-0.25, -0.2) is 0 Å². The Balaban J connectivity index is 0.710. The molecule has 6 aliphatic heterocycles. The van der Waals surface area contributed by atoms with Gasteiger partial charge >= 0.3 is 0 Å². The first-order valence-corrected chi connectivity index (χ1v) is 21.3. The number of benzene rings is 4. The summed E-state index contributed by atoms with van der Waals surface area (Å²) in [6.45, 7) is 11.0. The number of aromatic hydroxyl groups is 1. The first kappa shape index (κ1) is 37.0. The molecule has 4 saturated heterocycles. The molecule has 6 aliphatic rings. The van der Waals surface area contributed by atoms with Gasteiger partial charge in [-0.05, 0) is 117 Å². The zero-order chi connectivity index (χ0) is 39.5. The van der Waals surface area contributed by atoms with Gasteiger partial charge in [0.15, 0.2) is 0 Å². The van der Waals surface area contributed by atoms with E-state index in [4.69, 9.17) is 4.74 Å². The average Bonchev–Trinajstić information content (AvgIpc) is 3.55. The van der Waals surface area contributed by atoms with E-state index in [-0.39, 0.29) is 41.7 Å². The molecule has 4 aromatic carbocycles. The number of likely N-dealkylation sites (tertiary alicyclic amines) is 1. The van der Waals surface area contributed by atoms with Crippen molar-refractivity contribution in [1.82, 2.24) is 15.1 Å². The van der Waals surface area contributed by atoms with Crippen molar-refractivity contribution >= 4 is 29.1 Å². The van der Waals surface area contributed by atoms with Crippen molar-refractivity contribution in [3.05, 3.63) is 118 Å². The fraction of sp³-hybridized carbons (Fsp3) is 0.438. The van der Waals surface area contributed by atoms with Crippen LogP contribution < -0.4 is 19.9 Å². The number of hydrogen-bond donors (Lipinski definition) is 2. The Labute approximate surface area is 340 Å². The van der Waals surface area contributed by atoms with Crippen LogP contribution in [0, 0.1) is 18.3 Å². The minimum atomic E-state index is -0.581. The number of piperidine rings is 3. The monoisotopic (exact) mass is 779 g/mol. The van der Waals surface area contributed by atoms with Crippen LogP contribution in [0.25, 0.3) is 0 Å². The summed E-state index contributed by atoms with van der Waals surface area (Å²) in [4.78, 5) is 46.7. The van der Waals surface area contributed by atoms with E-state index < -0.39 is 6.04 Å². The molecule has 58 heavy (non-hydrogen) atoms. The molecule has 2 N–H and O–H groups in total. The number of ether oxygens (including phenoxy) is 1. The third kappa shape index (κ3) is 6.79. The van der Waals surface area contributed by atoms with Gasteiger partial charge in [-0.2, -0.15) is 0 Å². The number of carbonyl (C=O) groups excluding carboxylic acids is 3. The van der Waals surface area contributed by atoms with Gasteiger partial charge in [-0.3, -0.25) is 19.7 Å². The smallest absolute Gasteiger partial charge is 0.255 e. The first-order chi connectivity index (χ1) is 28.2. The summed E-state index contributed by atoms with van der Waals surface area (Å²) in [5.41, 5.74) is 9.47. The van der Waals surface area contributed by atoms with Crippen LogP contribution in [0.2, 0.25) is 0 Å². The third-order valence-electron chi connectivity index (χ3n) is 14.3. The molecule has 10 nitrogen and oxygen atoms in total. The highest BCUT2D eigenvalue weighted by Gasteiger charge is 2.46. The number of nitrogens with zero attached hydrogens (tertiary/aromatic N) is 4. The largest absolute Gasteiger partial charge is 0.508 e. The van der Waals surface area contributed by atoms with Gasteiger partial charge in [-0.1, -0.05) is 42.5 Å². The highest BCUT2D eigenvalue weighted by Crippen LogP contribution is 2.48. The molecule has 0 radical (unpaired) electrons. The number of imide groups is 1. The number of anilines is 2. The zero-order valence-electron chi connectivity index (χ0n) is 33.4. The van der Waals surface area contributed by atoms with Crippen molar-refractivity contribution in [2.45, 2.75) is 69.9 Å². The van der Waals surface area contributed by atoms with Gasteiger partial charge in [-0.15, -0.1) is 0 Å². The molecule has 3 atom stereocenters. The fourth-order valence-corrected chi connectivity index (χ4v) is 10.9. The Morgan fingerprint density at radius 3 is 2.33 bits per heavy atom. The van der Waals surface area contributed by atoms with Crippen LogP contribution in [-0.4, -0.2) is 91.1 Å². The molecular formula is C48H53N5O5. The SMILES string of the molecule is Cc1ccccc1[C@@H]1COc2cc(O)ccc2[C@@H]1c1ccc(N2CCC(CN3CCC4(CC3)CN(c3ccc5c(c3)CN(C3CCC(=O)NC3=O)C5=O)C4)CC2)cc1. The fourth-order valence-electron chi connectivity index (χ4n) is 10.9. The minimum Gasteiger partial charge on any atom is -0.508 e. The lowest BCUT2D eigenvalue weighted by Crippen LogP contribution is -2.60. The Kier molecular flexibility index (Phi) is 9.42. The Bertz CT molecular complexity index is 2230. The van der Waals surface area contributed by atoms with E-state index in [0.29, 0.717) is 30.6 Å². The zero-order valence-corrected chi connectivity index (χ0v) is 33.4. The van der Waals surface area contributed by atoms with Gasteiger partial charge < -0.3 is 29.4 Å². The Morgan fingerprint density at radius 1 is 0.810 bits per heavy atom. The summed E-state index contributed by atoms with van der Waals surface area (Å²) in [5.74, 6) is 1.32. The summed E-state index contributed by atoms with van der Waals surface area (Å²) in [5, 5.41) is 12.6. The second-order valence-electron chi connectivity index (χ2n) is 17.9. The first-order valence-electron chi connectivity index (χ1n) is 21.3. The normalized spacial score (nSPS) is 24.6. The van der Waals surface area contributed by atoms with E-state index in [9.17, 15) is 19.5 Å². The lowest BCUT2D eigenvalue weighted by molar-refractivity contribution is -0.136. The van der Waals surface area contributed by atoms with Crippen molar-refractivity contribution < 1.29 is 24.2 Å². The molecule has 0 aromatic heterocycles. The second-order valence-corrected chi connectivity index (χ2v) is 17.9. The number of fused-ring (bicyclic) bond motifs is 2. The lowest BCUT2D eigenvalue weighted by Gasteiger charge is -2.55. The third-order valence-corrected chi connectivity index (χ3v) is 14.3. The van der Waals surface area contributed by atoms with E-state index in [1.807, 2.05) is 12.1 Å². The maximum atomic E-state index is 13.2. The molecule has 0 aliphatic carbocycles. The van der Waals surface area contributed by atoms with Crippen molar-refractivity contribution in [3.63, 3.8) is 0 Å². The maximum absolute atomic E-state index is 13.2. The van der Waals surface area contributed by atoms with Crippen LogP contribution in [0.15, 0.2) is 84.9 Å². The van der Waals surface area contributed by atoms with E-state index in [1.54, 1.807) is 17.0 Å². The number of amides is 3. The number of carbonyl (C=O) groups is 3. The van der Waals surface area contributed by atoms with Gasteiger partial charge in [0.05, 0.1) is 6.61 Å². The molecule has 6 heterocycles. The number of hydrogen-bond acceptors (Lipinski definition) is 8. The van der Waals surface area contributed by atoms with Crippen LogP contribution >= 0.6 is 0 Å². The van der Waals surface area contributed by atoms with Crippen LogP contribution in [0.4, 0.5) is 11.4 Å². The summed E-state index contributed by atoms with van der Waals surface area (Å²) in [6.07, 6.45) is 5.53. The van der Waals surface area contributed by atoms with E-state index in [0.717, 1.165) is 67.8 Å². The van der Waals surface area contributed by atoms with Crippen LogP contribution in [0.5, 0.6) is 11.5 Å². The molecule has 4 aromatic rings. The summed E-state index contributed by atoms with van der Waals surface area (Å²) in [6, 6.07) is 29.0. The average molecular weight is 780 g/mol. The quantitative estimate of drug-likeness (QED) is 0.203. The molecule has 10 rings (SSSR count). The summed E-state index contributed by atoms with van der Waals surface area (Å²) in [7, 11) is 0. The predicted octanol–water partition coefficient (Wildman–Crippen LogP) is 6.59. The van der Waals surface area contributed by atoms with Gasteiger partial charge in [0.25, 0.3) is 5.91 Å². The number of aryl methyl sites for hydroxylation is 1. The van der Waals surface area contributed by atoms with Crippen LogP contribution in [0.3, 0.4) is 0 Å². The Hall–Kier alpha value is -5.35. The molecule has 1 unspecified atom stereocenters. The summed E-state index contributed by atoms with van der Waals surface area (Å²) >= 11 is 0. The predicted molar refractivity (Wildman–Crippen MR) is 224 cm³/mol. The highest BCUT2D eigenvalue weighted by atomic mass is 16.5. The highest BCUT2D eigenvalue weighted by molar-refractivity contribution is 6.05. The molecule has 10 heteroatoms. The molecule has 3 amide bonds. The lowest BCUT2D eigenvalue weighted by atomic mass is 9.71.